The van der Waals surface area contributed by atoms with Crippen molar-refractivity contribution in [1.29, 1.82) is 0 Å². The molecule has 1 N–H and O–H groups in total. The van der Waals surface area contributed by atoms with Crippen molar-refractivity contribution in [2.24, 2.45) is 7.05 Å². The number of nitrogens with zero attached hydrogens (tertiary/aromatic N) is 2. The van der Waals surface area contributed by atoms with E-state index in [1.807, 2.05) is 25.2 Å². The zero-order valence-corrected chi connectivity index (χ0v) is 17.6. The van der Waals surface area contributed by atoms with Gasteiger partial charge in [0.2, 0.25) is 11.8 Å². The summed E-state index contributed by atoms with van der Waals surface area (Å²) in [4.78, 5) is 26.4. The highest BCUT2D eigenvalue weighted by Gasteiger charge is 2.53. The van der Waals surface area contributed by atoms with E-state index in [1.54, 1.807) is 0 Å². The van der Waals surface area contributed by atoms with Gasteiger partial charge in [-0.15, -0.1) is 0 Å². The summed E-state index contributed by atoms with van der Waals surface area (Å²) in [6.07, 6.45) is 6.56. The Bertz CT molecular complexity index is 1380. The van der Waals surface area contributed by atoms with Crippen LogP contribution in [0.4, 0.5) is 0 Å². The third-order valence-corrected chi connectivity index (χ3v) is 7.22. The molecule has 0 saturated carbocycles. The average Bonchev–Trinajstić information content (AvgIpc) is 3.30. The molecule has 2 aromatic heterocycles. The van der Waals surface area contributed by atoms with Crippen LogP contribution in [0.3, 0.4) is 0 Å². The lowest BCUT2D eigenvalue weighted by Crippen LogP contribution is -2.37. The van der Waals surface area contributed by atoms with Crippen LogP contribution in [-0.4, -0.2) is 20.9 Å². The van der Waals surface area contributed by atoms with E-state index in [0.717, 1.165) is 53.2 Å². The molecule has 4 aromatic rings. The van der Waals surface area contributed by atoms with Gasteiger partial charge in [-0.1, -0.05) is 42.8 Å². The smallest absolute Gasteiger partial charge is 0.242 e. The maximum Gasteiger partial charge on any atom is 0.242 e. The predicted molar refractivity (Wildman–Crippen MR) is 121 cm³/mol. The number of nitrogens with one attached hydrogen (secondary N) is 1. The van der Waals surface area contributed by atoms with Crippen LogP contribution in [0, 0.1) is 0 Å². The number of para-hydroxylation sites is 2. The normalized spacial score (nSPS) is 21.5. The molecule has 0 aliphatic carbocycles. The second kappa shape index (κ2) is 6.58. The highest BCUT2D eigenvalue weighted by atomic mass is 16.2. The number of benzene rings is 2. The summed E-state index contributed by atoms with van der Waals surface area (Å²) in [6, 6.07) is 16.5. The molecular formula is C26H25N3O2. The van der Waals surface area contributed by atoms with Crippen LogP contribution >= 0.6 is 0 Å². The average molecular weight is 412 g/mol. The molecule has 4 heterocycles. The minimum Gasteiger partial charge on any atom is -0.350 e. The lowest BCUT2D eigenvalue weighted by Gasteiger charge is -2.27. The monoisotopic (exact) mass is 411 g/mol. The molecule has 6 rings (SSSR count). The summed E-state index contributed by atoms with van der Waals surface area (Å²) in [5.74, 6) is -0.396. The van der Waals surface area contributed by atoms with Crippen LogP contribution in [0.2, 0.25) is 0 Å². The van der Waals surface area contributed by atoms with Crippen molar-refractivity contribution in [3.8, 4) is 0 Å². The van der Waals surface area contributed by atoms with Gasteiger partial charge in [0.15, 0.2) is 0 Å². The number of fused-ring (bicyclic) bond motifs is 4. The second-order valence-corrected chi connectivity index (χ2v) is 8.93. The van der Waals surface area contributed by atoms with Gasteiger partial charge in [-0.2, -0.15) is 0 Å². The van der Waals surface area contributed by atoms with Crippen LogP contribution in [0.15, 0.2) is 54.7 Å². The summed E-state index contributed by atoms with van der Waals surface area (Å²) >= 11 is 0. The molecule has 0 radical (unpaired) electrons. The molecule has 2 aliphatic heterocycles. The molecule has 2 aliphatic rings. The van der Waals surface area contributed by atoms with E-state index < -0.39 is 5.41 Å². The van der Waals surface area contributed by atoms with Crippen LogP contribution < -0.4 is 5.32 Å². The second-order valence-electron chi connectivity index (χ2n) is 8.93. The molecular weight excluding hydrogens is 386 g/mol. The number of amides is 2. The minimum atomic E-state index is -1.01. The number of rotatable bonds is 2. The van der Waals surface area contributed by atoms with Gasteiger partial charge in [0.05, 0.1) is 0 Å². The SMILES string of the molecule is Cn1cc(C2(c3c4n(c5ccccc35)CCCCC4)CC(=O)NC2=O)c2ccccc21. The van der Waals surface area contributed by atoms with Crippen LogP contribution in [0.5, 0.6) is 0 Å². The Morgan fingerprint density at radius 2 is 1.65 bits per heavy atom. The Balaban J connectivity index is 1.76. The van der Waals surface area contributed by atoms with Crippen molar-refractivity contribution in [2.45, 2.75) is 44.1 Å². The summed E-state index contributed by atoms with van der Waals surface area (Å²) in [6.45, 7) is 0.955. The Hall–Kier alpha value is -3.34. The maximum absolute atomic E-state index is 13.7. The Labute approximate surface area is 180 Å². The number of hydrogen-bond donors (Lipinski definition) is 1. The zero-order valence-electron chi connectivity index (χ0n) is 17.6. The fourth-order valence-electron chi connectivity index (χ4n) is 5.92. The van der Waals surface area contributed by atoms with Crippen molar-refractivity contribution in [2.75, 3.05) is 0 Å². The lowest BCUT2D eigenvalue weighted by atomic mass is 9.71. The van der Waals surface area contributed by atoms with E-state index in [-0.39, 0.29) is 18.2 Å². The molecule has 5 heteroatoms. The molecule has 1 saturated heterocycles. The van der Waals surface area contributed by atoms with E-state index >= 15 is 0 Å². The quantitative estimate of drug-likeness (QED) is 0.503. The number of imide groups is 1. The van der Waals surface area contributed by atoms with Crippen LogP contribution in [0.1, 0.15) is 42.5 Å². The summed E-state index contributed by atoms with van der Waals surface area (Å²) < 4.78 is 4.47. The van der Waals surface area contributed by atoms with Gasteiger partial charge in [-0.25, -0.2) is 0 Å². The standard InChI is InChI=1S/C26H25N3O2/c1-28-16-19(17-9-4-6-11-20(17)28)26(15-23(30)27-25(26)31)24-18-10-5-7-12-21(18)29-14-8-2-3-13-22(24)29/h4-7,9-12,16H,2-3,8,13-15H2,1H3,(H,27,30,31). The first-order valence-electron chi connectivity index (χ1n) is 11.1. The molecule has 1 fully saturated rings. The van der Waals surface area contributed by atoms with Crippen LogP contribution in [0.25, 0.3) is 21.8 Å². The van der Waals surface area contributed by atoms with Crippen molar-refractivity contribution in [3.05, 3.63) is 71.5 Å². The van der Waals surface area contributed by atoms with Gasteiger partial charge in [-0.05, 0) is 37.0 Å². The Morgan fingerprint density at radius 3 is 2.42 bits per heavy atom. The highest BCUT2D eigenvalue weighted by molar-refractivity contribution is 6.15. The van der Waals surface area contributed by atoms with Gasteiger partial charge >= 0.3 is 0 Å². The fourth-order valence-corrected chi connectivity index (χ4v) is 5.92. The molecule has 2 amide bonds. The van der Waals surface area contributed by atoms with Crippen molar-refractivity contribution in [3.63, 3.8) is 0 Å². The van der Waals surface area contributed by atoms with E-state index in [9.17, 15) is 9.59 Å². The molecule has 5 nitrogen and oxygen atoms in total. The Morgan fingerprint density at radius 1 is 0.903 bits per heavy atom. The van der Waals surface area contributed by atoms with Gasteiger partial charge in [0.1, 0.15) is 5.41 Å². The first-order chi connectivity index (χ1) is 15.1. The van der Waals surface area contributed by atoms with Crippen molar-refractivity contribution < 1.29 is 9.59 Å². The molecule has 2 aromatic carbocycles. The third-order valence-electron chi connectivity index (χ3n) is 7.22. The molecule has 1 atom stereocenters. The molecule has 31 heavy (non-hydrogen) atoms. The molecule has 1 unspecified atom stereocenters. The van der Waals surface area contributed by atoms with Gasteiger partial charge in [0, 0.05) is 59.3 Å². The van der Waals surface area contributed by atoms with Gasteiger partial charge < -0.3 is 9.13 Å². The number of aryl methyl sites for hydroxylation is 2. The summed E-state index contributed by atoms with van der Waals surface area (Å²) in [7, 11) is 2.01. The third kappa shape index (κ3) is 2.43. The predicted octanol–water partition coefficient (Wildman–Crippen LogP) is 4.19. The van der Waals surface area contributed by atoms with Crippen molar-refractivity contribution >= 4 is 33.6 Å². The Kier molecular flexibility index (Phi) is 3.91. The van der Waals surface area contributed by atoms with Gasteiger partial charge in [0.25, 0.3) is 0 Å². The number of hydrogen-bond acceptors (Lipinski definition) is 2. The molecule has 0 spiro atoms. The summed E-state index contributed by atoms with van der Waals surface area (Å²) in [5.41, 5.74) is 4.40. The topological polar surface area (TPSA) is 56.0 Å². The first kappa shape index (κ1) is 18.4. The molecule has 0 bridgehead atoms. The van der Waals surface area contributed by atoms with Gasteiger partial charge in [-0.3, -0.25) is 14.9 Å². The fraction of sp³-hybridized carbons (Fsp3) is 0.308. The number of carbonyl (C=O) groups is 2. The number of carbonyl (C=O) groups excluding carboxylic acids is 2. The van der Waals surface area contributed by atoms with E-state index in [0.29, 0.717) is 0 Å². The molecule has 156 valence electrons. The highest BCUT2D eigenvalue weighted by Crippen LogP contribution is 2.48. The van der Waals surface area contributed by atoms with E-state index in [4.69, 9.17) is 0 Å². The van der Waals surface area contributed by atoms with Crippen LogP contribution in [-0.2, 0) is 35.0 Å². The first-order valence-corrected chi connectivity index (χ1v) is 11.1. The summed E-state index contributed by atoms with van der Waals surface area (Å²) in [5, 5.41) is 4.79. The van der Waals surface area contributed by atoms with Crippen molar-refractivity contribution in [1.82, 2.24) is 14.5 Å². The number of aromatic nitrogens is 2. The van der Waals surface area contributed by atoms with E-state index in [1.165, 1.54) is 17.6 Å². The zero-order chi connectivity index (χ0) is 21.2. The minimum absolute atomic E-state index is 0.154. The van der Waals surface area contributed by atoms with E-state index in [2.05, 4.69) is 51.0 Å². The maximum atomic E-state index is 13.7. The largest absolute Gasteiger partial charge is 0.350 e. The lowest BCUT2D eigenvalue weighted by molar-refractivity contribution is -0.125.